The quantitative estimate of drug-likeness (QED) is 0.135. The van der Waals surface area contributed by atoms with Crippen molar-refractivity contribution in [2.75, 3.05) is 18.5 Å². The van der Waals surface area contributed by atoms with E-state index in [1.54, 1.807) is 48.5 Å². The molecule has 9 heteroatoms. The molecule has 0 amide bonds. The summed E-state index contributed by atoms with van der Waals surface area (Å²) in [6.45, 7) is 2.27. The summed E-state index contributed by atoms with van der Waals surface area (Å²) in [5.41, 5.74) is 3.60. The van der Waals surface area contributed by atoms with Crippen molar-refractivity contribution in [1.29, 1.82) is 10.7 Å². The van der Waals surface area contributed by atoms with Crippen molar-refractivity contribution in [3.63, 3.8) is 0 Å². The molecule has 0 fully saturated rings. The number of nitrogens with zero attached hydrogens (tertiary/aromatic N) is 3. The molecule has 1 aromatic heterocycles. The number of carbonyl (C=O) groups is 1. The molecule has 4 rings (SSSR count). The van der Waals surface area contributed by atoms with Crippen LogP contribution in [-0.2, 0) is 0 Å². The molecule has 0 saturated carbocycles. The predicted molar refractivity (Wildman–Crippen MR) is 158 cm³/mol. The Kier molecular flexibility index (Phi) is 8.84. The second-order valence-corrected chi connectivity index (χ2v) is 9.67. The van der Waals surface area contributed by atoms with E-state index in [4.69, 9.17) is 5.41 Å². The monoisotopic (exact) mass is 549 g/mol. The number of rotatable bonds is 10. The van der Waals surface area contributed by atoms with Crippen molar-refractivity contribution in [1.82, 2.24) is 10.3 Å². The van der Waals surface area contributed by atoms with E-state index in [1.807, 2.05) is 49.4 Å². The van der Waals surface area contributed by atoms with Gasteiger partial charge in [-0.2, -0.15) is 5.26 Å². The maximum atomic E-state index is 11.6. The zero-order valence-corrected chi connectivity index (χ0v) is 22.7. The van der Waals surface area contributed by atoms with Gasteiger partial charge in [0.1, 0.15) is 16.3 Å². The number of hydrogen-bond acceptors (Lipinski definition) is 9. The largest absolute Gasteiger partial charge is 0.504 e. The first-order chi connectivity index (χ1) is 19.4. The molecule has 8 nitrogen and oxygen atoms in total. The van der Waals surface area contributed by atoms with Crippen LogP contribution in [0.4, 0.5) is 11.4 Å². The number of aromatic hydroxyl groups is 2. The summed E-state index contributed by atoms with van der Waals surface area (Å²) >= 11 is 1.13. The van der Waals surface area contributed by atoms with E-state index >= 15 is 0 Å². The lowest BCUT2D eigenvalue weighted by molar-refractivity contribution is 0.112. The van der Waals surface area contributed by atoms with Gasteiger partial charge in [0, 0.05) is 29.7 Å². The Labute approximate surface area is 236 Å². The number of nitriles is 1. The van der Waals surface area contributed by atoms with Gasteiger partial charge in [0.15, 0.2) is 12.0 Å². The van der Waals surface area contributed by atoms with E-state index in [9.17, 15) is 20.3 Å². The Bertz CT molecular complexity index is 1630. The molecule has 4 aromatic rings. The second kappa shape index (κ2) is 12.7. The van der Waals surface area contributed by atoms with Crippen LogP contribution < -0.4 is 10.2 Å². The average Bonchev–Trinajstić information content (AvgIpc) is 2.99. The summed E-state index contributed by atoms with van der Waals surface area (Å²) in [4.78, 5) is 18.4. The van der Waals surface area contributed by atoms with E-state index in [1.165, 1.54) is 6.08 Å². The zero-order chi connectivity index (χ0) is 28.6. The Morgan fingerprint density at radius 1 is 1.12 bits per heavy atom. The Balaban J connectivity index is 1.80. The molecule has 200 valence electrons. The van der Waals surface area contributed by atoms with Crippen LogP contribution in [0.15, 0.2) is 94.9 Å². The van der Waals surface area contributed by atoms with Crippen molar-refractivity contribution < 1.29 is 15.0 Å². The Morgan fingerprint density at radius 2 is 1.88 bits per heavy atom. The SMILES string of the molecule is CCN(c1cccc(C#N)c1)c1c(C(=N)/C=C\NC)nc(O)c(Sc2ccc(-c3ccccc3C=O)cc2)c1O. The smallest absolute Gasteiger partial charge is 0.229 e. The van der Waals surface area contributed by atoms with Crippen LogP contribution in [0.2, 0.25) is 0 Å². The van der Waals surface area contributed by atoms with Gasteiger partial charge in [-0.1, -0.05) is 54.2 Å². The molecular formula is C31H27N5O3S. The third kappa shape index (κ3) is 5.82. The van der Waals surface area contributed by atoms with Gasteiger partial charge in [-0.15, -0.1) is 0 Å². The minimum atomic E-state index is -0.416. The normalized spacial score (nSPS) is 10.7. The van der Waals surface area contributed by atoms with E-state index in [0.29, 0.717) is 23.4 Å². The fourth-order valence-electron chi connectivity index (χ4n) is 4.21. The van der Waals surface area contributed by atoms with Crippen LogP contribution >= 0.6 is 11.8 Å². The number of anilines is 2. The van der Waals surface area contributed by atoms with E-state index in [0.717, 1.165) is 34.1 Å². The van der Waals surface area contributed by atoms with Crippen LogP contribution in [-0.4, -0.2) is 40.8 Å². The third-order valence-corrected chi connectivity index (χ3v) is 7.19. The molecule has 4 N–H and O–H groups in total. The van der Waals surface area contributed by atoms with Gasteiger partial charge in [-0.05, 0) is 60.7 Å². The highest BCUT2D eigenvalue weighted by Crippen LogP contribution is 2.48. The van der Waals surface area contributed by atoms with Crippen LogP contribution in [0.3, 0.4) is 0 Å². The highest BCUT2D eigenvalue weighted by atomic mass is 32.2. The number of benzene rings is 3. The molecule has 0 bridgehead atoms. The average molecular weight is 550 g/mol. The lowest BCUT2D eigenvalue weighted by atomic mass is 10.0. The van der Waals surface area contributed by atoms with E-state index in [-0.39, 0.29) is 27.7 Å². The number of carbonyl (C=O) groups excluding carboxylic acids is 1. The molecule has 0 aliphatic rings. The standard InChI is InChI=1S/C31H27N5O3S/c1-3-36(23-9-6-7-20(17-23)18-32)28-27(26(33)15-16-34-2)35-31(39)30(29(28)38)40-24-13-11-21(12-14-24)25-10-5-4-8-22(25)19-37/h4-17,19,33-34H,3H2,1-2H3,(H2,35,38,39)/b16-15-,33-26?. The number of aldehydes is 1. The number of pyridine rings is 1. The summed E-state index contributed by atoms with van der Waals surface area (Å²) in [5.74, 6) is -0.657. The second-order valence-electron chi connectivity index (χ2n) is 8.58. The summed E-state index contributed by atoms with van der Waals surface area (Å²) in [7, 11) is 1.70. The van der Waals surface area contributed by atoms with Crippen molar-refractivity contribution in [3.05, 3.63) is 102 Å². The first kappa shape index (κ1) is 28.0. The van der Waals surface area contributed by atoms with Crippen molar-refractivity contribution >= 4 is 35.1 Å². The van der Waals surface area contributed by atoms with Crippen molar-refractivity contribution in [3.8, 4) is 28.8 Å². The molecule has 0 aliphatic carbocycles. The molecule has 40 heavy (non-hydrogen) atoms. The molecule has 3 aromatic carbocycles. The predicted octanol–water partition coefficient (Wildman–Crippen LogP) is 6.25. The fraction of sp³-hybridized carbons (Fsp3) is 0.0968. The molecule has 1 heterocycles. The highest BCUT2D eigenvalue weighted by molar-refractivity contribution is 7.99. The molecule has 0 atom stereocenters. The van der Waals surface area contributed by atoms with Crippen LogP contribution in [0.1, 0.15) is 28.5 Å². The summed E-state index contributed by atoms with van der Waals surface area (Å²) < 4.78 is 0. The van der Waals surface area contributed by atoms with Gasteiger partial charge in [0.05, 0.1) is 17.3 Å². The third-order valence-electron chi connectivity index (χ3n) is 6.10. The lowest BCUT2D eigenvalue weighted by Gasteiger charge is -2.27. The molecule has 0 unspecified atom stereocenters. The molecule has 0 spiro atoms. The van der Waals surface area contributed by atoms with Crippen LogP contribution in [0, 0.1) is 16.7 Å². The molecule has 0 aliphatic heterocycles. The highest BCUT2D eigenvalue weighted by Gasteiger charge is 2.26. The van der Waals surface area contributed by atoms with Crippen molar-refractivity contribution in [2.45, 2.75) is 16.7 Å². The lowest BCUT2D eigenvalue weighted by Crippen LogP contribution is -2.20. The van der Waals surface area contributed by atoms with Gasteiger partial charge < -0.3 is 20.4 Å². The zero-order valence-electron chi connectivity index (χ0n) is 21.9. The Hall–Kier alpha value is -5.07. The number of nitrogens with one attached hydrogen (secondary N) is 2. The van der Waals surface area contributed by atoms with Crippen LogP contribution in [0.25, 0.3) is 11.1 Å². The summed E-state index contributed by atoms with van der Waals surface area (Å²) in [6, 6.07) is 23.7. The first-order valence-corrected chi connectivity index (χ1v) is 13.2. The summed E-state index contributed by atoms with van der Waals surface area (Å²) in [6.07, 6.45) is 3.85. The maximum Gasteiger partial charge on any atom is 0.229 e. The van der Waals surface area contributed by atoms with Gasteiger partial charge in [-0.3, -0.25) is 10.2 Å². The number of aromatic nitrogens is 1. The number of hydrogen-bond donors (Lipinski definition) is 4. The van der Waals surface area contributed by atoms with Gasteiger partial charge in [0.2, 0.25) is 5.88 Å². The maximum absolute atomic E-state index is 11.6. The number of allylic oxidation sites excluding steroid dienone is 1. The van der Waals surface area contributed by atoms with E-state index < -0.39 is 5.88 Å². The van der Waals surface area contributed by atoms with Gasteiger partial charge >= 0.3 is 0 Å². The van der Waals surface area contributed by atoms with Crippen LogP contribution in [0.5, 0.6) is 11.6 Å². The minimum absolute atomic E-state index is 0.0282. The Morgan fingerprint density at radius 3 is 2.55 bits per heavy atom. The van der Waals surface area contributed by atoms with Gasteiger partial charge in [0.25, 0.3) is 0 Å². The topological polar surface area (TPSA) is 133 Å². The molecular weight excluding hydrogens is 522 g/mol. The fourth-order valence-corrected chi connectivity index (χ4v) is 5.05. The van der Waals surface area contributed by atoms with Gasteiger partial charge in [-0.25, -0.2) is 4.98 Å². The molecule has 0 radical (unpaired) electrons. The minimum Gasteiger partial charge on any atom is -0.504 e. The van der Waals surface area contributed by atoms with Crippen molar-refractivity contribution in [2.24, 2.45) is 0 Å². The first-order valence-electron chi connectivity index (χ1n) is 12.4. The van der Waals surface area contributed by atoms with E-state index in [2.05, 4.69) is 16.4 Å². The summed E-state index contributed by atoms with van der Waals surface area (Å²) in [5, 5.41) is 43.3. The molecule has 0 saturated heterocycles.